The Balaban J connectivity index is 2.24. The van der Waals surface area contributed by atoms with E-state index >= 15 is 0 Å². The van der Waals surface area contributed by atoms with E-state index in [9.17, 15) is 23.6 Å². The quantitative estimate of drug-likeness (QED) is 0.606. The van der Waals surface area contributed by atoms with Gasteiger partial charge in [0.2, 0.25) is 10.0 Å². The van der Waals surface area contributed by atoms with E-state index in [-0.39, 0.29) is 33.6 Å². The van der Waals surface area contributed by atoms with Gasteiger partial charge in [-0.25, -0.2) is 13.1 Å². The summed E-state index contributed by atoms with van der Waals surface area (Å²) in [5.41, 5.74) is -0.149. The molecular formula is C12H15ClN2O5S. The molecule has 1 aromatic carbocycles. The minimum Gasteiger partial charge on any atom is -0.391 e. The lowest BCUT2D eigenvalue weighted by Gasteiger charge is -2.12. The summed E-state index contributed by atoms with van der Waals surface area (Å²) in [7, 11) is -3.96. The van der Waals surface area contributed by atoms with Gasteiger partial charge in [-0.15, -0.1) is 0 Å². The van der Waals surface area contributed by atoms with Crippen LogP contribution >= 0.6 is 11.6 Å². The Morgan fingerprint density at radius 1 is 1.52 bits per heavy atom. The SMILES string of the molecule is Cc1c(Cl)cc(S(=O)(=O)NCC(O)C2CC2)cc1[N+](=O)[O-]. The Labute approximate surface area is 127 Å². The fourth-order valence-corrected chi connectivity index (χ4v) is 3.29. The Morgan fingerprint density at radius 3 is 2.67 bits per heavy atom. The molecule has 0 aromatic heterocycles. The molecule has 1 fully saturated rings. The molecule has 0 radical (unpaired) electrons. The van der Waals surface area contributed by atoms with Crippen LogP contribution in [0.1, 0.15) is 18.4 Å². The van der Waals surface area contributed by atoms with E-state index in [4.69, 9.17) is 11.6 Å². The fraction of sp³-hybridized carbons (Fsp3) is 0.500. The molecular weight excluding hydrogens is 320 g/mol. The standard InChI is InChI=1S/C12H15ClN2O5S/c1-7-10(13)4-9(5-11(7)15(17)18)21(19,20)14-6-12(16)8-2-3-8/h4-5,8,12,14,16H,2-3,6H2,1H3. The minimum absolute atomic E-state index is 0.00677. The van der Waals surface area contributed by atoms with Gasteiger partial charge in [-0.3, -0.25) is 10.1 Å². The van der Waals surface area contributed by atoms with E-state index in [0.29, 0.717) is 0 Å². The maximum atomic E-state index is 12.1. The number of halogens is 1. The van der Waals surface area contributed by atoms with Gasteiger partial charge in [0.15, 0.2) is 0 Å². The predicted octanol–water partition coefficient (Wildman–Crippen LogP) is 1.61. The average molecular weight is 335 g/mol. The van der Waals surface area contributed by atoms with Gasteiger partial charge >= 0.3 is 0 Å². The van der Waals surface area contributed by atoms with E-state index in [1.807, 2.05) is 0 Å². The first kappa shape index (κ1) is 16.2. The van der Waals surface area contributed by atoms with Crippen LogP contribution in [0.15, 0.2) is 17.0 Å². The largest absolute Gasteiger partial charge is 0.391 e. The van der Waals surface area contributed by atoms with Crippen molar-refractivity contribution < 1.29 is 18.4 Å². The van der Waals surface area contributed by atoms with Crippen LogP contribution in [-0.4, -0.2) is 31.1 Å². The topological polar surface area (TPSA) is 110 Å². The molecule has 1 aromatic rings. The zero-order valence-electron chi connectivity index (χ0n) is 11.2. The maximum absolute atomic E-state index is 12.1. The zero-order valence-corrected chi connectivity index (χ0v) is 12.8. The van der Waals surface area contributed by atoms with Crippen LogP contribution in [-0.2, 0) is 10.0 Å². The number of hydrogen-bond acceptors (Lipinski definition) is 5. The highest BCUT2D eigenvalue weighted by Crippen LogP contribution is 2.33. The average Bonchev–Trinajstić information content (AvgIpc) is 3.23. The van der Waals surface area contributed by atoms with E-state index in [2.05, 4.69) is 4.72 Å². The van der Waals surface area contributed by atoms with E-state index in [1.165, 1.54) is 6.92 Å². The van der Waals surface area contributed by atoms with Gasteiger partial charge in [0.1, 0.15) is 0 Å². The summed E-state index contributed by atoms with van der Waals surface area (Å²) in [6.45, 7) is 1.33. The van der Waals surface area contributed by atoms with Crippen LogP contribution in [0.5, 0.6) is 0 Å². The molecule has 1 atom stereocenters. The second-order valence-electron chi connectivity index (χ2n) is 5.06. The van der Waals surface area contributed by atoms with Crippen molar-refractivity contribution in [2.24, 2.45) is 5.92 Å². The number of hydrogen-bond donors (Lipinski definition) is 2. The first-order valence-corrected chi connectivity index (χ1v) is 8.20. The molecule has 116 valence electrons. The third-order valence-electron chi connectivity index (χ3n) is 3.45. The first-order chi connectivity index (χ1) is 9.72. The Morgan fingerprint density at radius 2 is 2.14 bits per heavy atom. The van der Waals surface area contributed by atoms with Crippen LogP contribution < -0.4 is 4.72 Å². The summed E-state index contributed by atoms with van der Waals surface area (Å²) in [5, 5.41) is 20.6. The molecule has 1 unspecified atom stereocenters. The lowest BCUT2D eigenvalue weighted by Crippen LogP contribution is -2.33. The third kappa shape index (κ3) is 3.70. The number of nitrogens with one attached hydrogen (secondary N) is 1. The van der Waals surface area contributed by atoms with Crippen LogP contribution in [0, 0.1) is 23.0 Å². The van der Waals surface area contributed by atoms with Crippen LogP contribution in [0.4, 0.5) is 5.69 Å². The molecule has 1 aliphatic rings. The molecule has 0 bridgehead atoms. The molecule has 0 heterocycles. The summed E-state index contributed by atoms with van der Waals surface area (Å²) in [5.74, 6) is 0.128. The highest BCUT2D eigenvalue weighted by Gasteiger charge is 2.31. The number of benzene rings is 1. The maximum Gasteiger partial charge on any atom is 0.275 e. The third-order valence-corrected chi connectivity index (χ3v) is 5.24. The minimum atomic E-state index is -3.96. The van der Waals surface area contributed by atoms with E-state index in [1.54, 1.807) is 0 Å². The van der Waals surface area contributed by atoms with Crippen LogP contribution in [0.25, 0.3) is 0 Å². The molecule has 1 aliphatic carbocycles. The lowest BCUT2D eigenvalue weighted by atomic mass is 10.2. The van der Waals surface area contributed by atoms with Gasteiger partial charge in [-0.1, -0.05) is 11.6 Å². The van der Waals surface area contributed by atoms with Gasteiger partial charge < -0.3 is 5.11 Å². The lowest BCUT2D eigenvalue weighted by molar-refractivity contribution is -0.385. The second-order valence-corrected chi connectivity index (χ2v) is 7.24. The molecule has 9 heteroatoms. The van der Waals surface area contributed by atoms with Crippen molar-refractivity contribution in [1.82, 2.24) is 4.72 Å². The monoisotopic (exact) mass is 334 g/mol. The van der Waals surface area contributed by atoms with Crippen molar-refractivity contribution >= 4 is 27.3 Å². The molecule has 2 N–H and O–H groups in total. The number of aliphatic hydroxyl groups is 1. The van der Waals surface area contributed by atoms with Crippen molar-refractivity contribution in [3.05, 3.63) is 32.8 Å². The molecule has 0 aliphatic heterocycles. The number of nitrogens with zero attached hydrogens (tertiary/aromatic N) is 1. The molecule has 0 saturated heterocycles. The van der Waals surface area contributed by atoms with Crippen molar-refractivity contribution in [2.45, 2.75) is 30.8 Å². The van der Waals surface area contributed by atoms with Crippen molar-refractivity contribution in [3.63, 3.8) is 0 Å². The van der Waals surface area contributed by atoms with E-state index < -0.39 is 21.1 Å². The Hall–Kier alpha value is -1.22. The van der Waals surface area contributed by atoms with Gasteiger partial charge in [0.25, 0.3) is 5.69 Å². The highest BCUT2D eigenvalue weighted by atomic mass is 35.5. The van der Waals surface area contributed by atoms with Gasteiger partial charge in [0, 0.05) is 18.2 Å². The second kappa shape index (κ2) is 5.88. The summed E-state index contributed by atoms with van der Waals surface area (Å²) in [6.07, 6.45) is 1.02. The Bertz CT molecular complexity index is 672. The highest BCUT2D eigenvalue weighted by molar-refractivity contribution is 7.89. The molecule has 7 nitrogen and oxygen atoms in total. The molecule has 1 saturated carbocycles. The first-order valence-electron chi connectivity index (χ1n) is 6.34. The van der Waals surface area contributed by atoms with Crippen molar-refractivity contribution in [2.75, 3.05) is 6.54 Å². The Kier molecular flexibility index (Phi) is 4.52. The van der Waals surface area contributed by atoms with Gasteiger partial charge in [-0.2, -0.15) is 0 Å². The summed E-state index contributed by atoms with van der Waals surface area (Å²) in [6, 6.07) is 2.13. The predicted molar refractivity (Wildman–Crippen MR) is 76.8 cm³/mol. The molecule has 2 rings (SSSR count). The van der Waals surface area contributed by atoms with Gasteiger partial charge in [0.05, 0.1) is 20.9 Å². The molecule has 0 amide bonds. The number of nitro groups is 1. The zero-order chi connectivity index (χ0) is 15.8. The van der Waals surface area contributed by atoms with Crippen molar-refractivity contribution in [3.8, 4) is 0 Å². The summed E-state index contributed by atoms with van der Waals surface area (Å²) < 4.78 is 26.5. The van der Waals surface area contributed by atoms with E-state index in [0.717, 1.165) is 25.0 Å². The van der Waals surface area contributed by atoms with Crippen molar-refractivity contribution in [1.29, 1.82) is 0 Å². The van der Waals surface area contributed by atoms with Crippen LogP contribution in [0.3, 0.4) is 0 Å². The van der Waals surface area contributed by atoms with Gasteiger partial charge in [-0.05, 0) is 31.7 Å². The fourth-order valence-electron chi connectivity index (χ4n) is 1.91. The molecule has 0 spiro atoms. The molecule has 21 heavy (non-hydrogen) atoms. The number of sulfonamides is 1. The summed E-state index contributed by atoms with van der Waals surface area (Å²) >= 11 is 5.85. The van der Waals surface area contributed by atoms with Crippen LogP contribution in [0.2, 0.25) is 5.02 Å². The summed E-state index contributed by atoms with van der Waals surface area (Å²) in [4.78, 5) is 9.94. The normalized spacial score (nSPS) is 16.7. The number of aliphatic hydroxyl groups excluding tert-OH is 1. The number of nitro benzene ring substituents is 1. The smallest absolute Gasteiger partial charge is 0.275 e. The number of rotatable bonds is 6.